The number of rotatable bonds is 5. The van der Waals surface area contributed by atoms with E-state index in [0.29, 0.717) is 36.3 Å². The number of carbonyl (C=O) groups excluding carboxylic acids is 1. The van der Waals surface area contributed by atoms with Gasteiger partial charge in [0.25, 0.3) is 5.56 Å². The van der Waals surface area contributed by atoms with Gasteiger partial charge < -0.3 is 14.5 Å². The zero-order valence-corrected chi connectivity index (χ0v) is 16.4. The maximum atomic E-state index is 12.7. The second kappa shape index (κ2) is 7.86. The van der Waals surface area contributed by atoms with Gasteiger partial charge in [-0.05, 0) is 18.2 Å². The number of carbonyl (C=O) groups is 1. The van der Waals surface area contributed by atoms with Crippen molar-refractivity contribution in [2.45, 2.75) is 19.1 Å². The van der Waals surface area contributed by atoms with Crippen LogP contribution in [0.15, 0.2) is 47.5 Å². The highest BCUT2D eigenvalue weighted by atomic mass is 16.5. The van der Waals surface area contributed by atoms with E-state index in [1.54, 1.807) is 29.2 Å². The van der Waals surface area contributed by atoms with Gasteiger partial charge in [0.15, 0.2) is 5.82 Å². The largest absolute Gasteiger partial charge is 0.471 e. The first-order valence-corrected chi connectivity index (χ1v) is 9.41. The molecule has 0 aliphatic carbocycles. The smallest absolute Gasteiger partial charge is 0.261 e. The topological polar surface area (TPSA) is 93.5 Å². The first-order valence-electron chi connectivity index (χ1n) is 9.41. The standard InChI is InChI=1S/C20H22N6O3/c1-24(2)17-7-8-18(23-22-17)29-14-9-10-25(11-14)19(27)12-26-13-21-16-6-4-3-5-15(16)20(26)28/h3-8,13-14H,9-12H2,1-2H3/t14-/m0/s1. The minimum absolute atomic E-state index is 0.0409. The number of para-hydroxylation sites is 1. The van der Waals surface area contributed by atoms with E-state index >= 15 is 0 Å². The predicted octanol–water partition coefficient (Wildman–Crippen LogP) is 0.932. The number of fused-ring (bicyclic) bond motifs is 1. The Morgan fingerprint density at radius 2 is 2.03 bits per heavy atom. The first-order chi connectivity index (χ1) is 14.0. The summed E-state index contributed by atoms with van der Waals surface area (Å²) in [4.78, 5) is 33.1. The van der Waals surface area contributed by atoms with E-state index in [-0.39, 0.29) is 24.1 Å². The summed E-state index contributed by atoms with van der Waals surface area (Å²) in [6.45, 7) is 0.981. The fourth-order valence-corrected chi connectivity index (χ4v) is 3.30. The van der Waals surface area contributed by atoms with Crippen LogP contribution in [0, 0.1) is 0 Å². The number of hydrogen-bond donors (Lipinski definition) is 0. The lowest BCUT2D eigenvalue weighted by Gasteiger charge is -2.18. The van der Waals surface area contributed by atoms with Crippen LogP contribution in [0.4, 0.5) is 5.82 Å². The van der Waals surface area contributed by atoms with Crippen LogP contribution in [0.3, 0.4) is 0 Å². The maximum Gasteiger partial charge on any atom is 0.261 e. The lowest BCUT2D eigenvalue weighted by atomic mass is 10.2. The van der Waals surface area contributed by atoms with Gasteiger partial charge in [0.1, 0.15) is 12.6 Å². The third-order valence-electron chi connectivity index (χ3n) is 4.91. The van der Waals surface area contributed by atoms with E-state index in [1.807, 2.05) is 31.1 Å². The molecule has 0 unspecified atom stereocenters. The van der Waals surface area contributed by atoms with Crippen LogP contribution in [-0.4, -0.2) is 63.8 Å². The highest BCUT2D eigenvalue weighted by molar-refractivity contribution is 5.79. The lowest BCUT2D eigenvalue weighted by Crippen LogP contribution is -2.36. The first kappa shape index (κ1) is 18.9. The number of benzene rings is 1. The third kappa shape index (κ3) is 4.03. The summed E-state index contributed by atoms with van der Waals surface area (Å²) in [6.07, 6.45) is 1.98. The third-order valence-corrected chi connectivity index (χ3v) is 4.91. The molecular weight excluding hydrogens is 372 g/mol. The molecule has 1 amide bonds. The Morgan fingerprint density at radius 3 is 2.79 bits per heavy atom. The fourth-order valence-electron chi connectivity index (χ4n) is 3.30. The van der Waals surface area contributed by atoms with Gasteiger partial charge in [0, 0.05) is 33.1 Å². The number of anilines is 1. The Labute approximate surface area is 167 Å². The van der Waals surface area contributed by atoms with Gasteiger partial charge in [-0.1, -0.05) is 12.1 Å². The Bertz CT molecular complexity index is 1080. The molecule has 0 N–H and O–H groups in total. The zero-order valence-electron chi connectivity index (χ0n) is 16.4. The molecule has 1 fully saturated rings. The number of likely N-dealkylation sites (tertiary alicyclic amines) is 1. The van der Waals surface area contributed by atoms with Crippen LogP contribution in [-0.2, 0) is 11.3 Å². The number of amides is 1. The molecule has 1 aliphatic heterocycles. The molecular formula is C20H22N6O3. The maximum absolute atomic E-state index is 12.7. The number of aromatic nitrogens is 4. The van der Waals surface area contributed by atoms with Crippen molar-refractivity contribution in [1.82, 2.24) is 24.6 Å². The molecule has 9 heteroatoms. The second-order valence-corrected chi connectivity index (χ2v) is 7.19. The molecule has 0 radical (unpaired) electrons. The second-order valence-electron chi connectivity index (χ2n) is 7.19. The Morgan fingerprint density at radius 1 is 1.21 bits per heavy atom. The molecule has 4 rings (SSSR count). The predicted molar refractivity (Wildman–Crippen MR) is 108 cm³/mol. The summed E-state index contributed by atoms with van der Waals surface area (Å²) in [5.41, 5.74) is 0.407. The van der Waals surface area contributed by atoms with Crippen molar-refractivity contribution in [2.24, 2.45) is 0 Å². The van der Waals surface area contributed by atoms with Crippen LogP contribution < -0.4 is 15.2 Å². The quantitative estimate of drug-likeness (QED) is 0.636. The van der Waals surface area contributed by atoms with Gasteiger partial charge in [-0.3, -0.25) is 14.2 Å². The summed E-state index contributed by atoms with van der Waals surface area (Å²) in [5, 5.41) is 8.67. The van der Waals surface area contributed by atoms with E-state index in [2.05, 4.69) is 15.2 Å². The SMILES string of the molecule is CN(C)c1ccc(O[C@H]2CCN(C(=O)Cn3cnc4ccccc4c3=O)C2)nn1. The van der Waals surface area contributed by atoms with Crippen LogP contribution in [0.1, 0.15) is 6.42 Å². The monoisotopic (exact) mass is 394 g/mol. The normalized spacial score (nSPS) is 16.2. The van der Waals surface area contributed by atoms with Crippen molar-refractivity contribution < 1.29 is 9.53 Å². The van der Waals surface area contributed by atoms with Gasteiger partial charge in [-0.2, -0.15) is 0 Å². The molecule has 150 valence electrons. The minimum atomic E-state index is -0.216. The van der Waals surface area contributed by atoms with Crippen LogP contribution in [0.25, 0.3) is 10.9 Å². The summed E-state index contributed by atoms with van der Waals surface area (Å²) >= 11 is 0. The molecule has 2 aromatic heterocycles. The van der Waals surface area contributed by atoms with Gasteiger partial charge in [-0.15, -0.1) is 10.2 Å². The molecule has 9 nitrogen and oxygen atoms in total. The molecule has 3 aromatic rings. The van der Waals surface area contributed by atoms with Crippen molar-refractivity contribution >= 4 is 22.6 Å². The Hall–Kier alpha value is -3.49. The van der Waals surface area contributed by atoms with Crippen LogP contribution >= 0.6 is 0 Å². The van der Waals surface area contributed by atoms with Crippen LogP contribution in [0.5, 0.6) is 5.88 Å². The van der Waals surface area contributed by atoms with Gasteiger partial charge in [0.2, 0.25) is 11.8 Å². The average Bonchev–Trinajstić information content (AvgIpc) is 3.19. The molecule has 1 atom stereocenters. The summed E-state index contributed by atoms with van der Waals surface area (Å²) < 4.78 is 7.21. The van der Waals surface area contributed by atoms with E-state index in [0.717, 1.165) is 5.82 Å². The number of hydrogen-bond acceptors (Lipinski definition) is 7. The van der Waals surface area contributed by atoms with Gasteiger partial charge >= 0.3 is 0 Å². The highest BCUT2D eigenvalue weighted by Crippen LogP contribution is 2.18. The Kier molecular flexibility index (Phi) is 5.11. The van der Waals surface area contributed by atoms with Crippen LogP contribution in [0.2, 0.25) is 0 Å². The lowest BCUT2D eigenvalue weighted by molar-refractivity contribution is -0.131. The molecule has 1 aliphatic rings. The average molecular weight is 394 g/mol. The molecule has 0 bridgehead atoms. The van der Waals surface area contributed by atoms with Gasteiger partial charge in [-0.25, -0.2) is 4.98 Å². The van der Waals surface area contributed by atoms with Crippen molar-refractivity contribution in [3.05, 3.63) is 53.1 Å². The molecule has 3 heterocycles. The van der Waals surface area contributed by atoms with E-state index in [9.17, 15) is 9.59 Å². The van der Waals surface area contributed by atoms with Crippen molar-refractivity contribution in [3.63, 3.8) is 0 Å². The Balaban J connectivity index is 1.38. The summed E-state index contributed by atoms with van der Waals surface area (Å²) in [7, 11) is 3.78. The molecule has 0 saturated carbocycles. The van der Waals surface area contributed by atoms with E-state index in [1.165, 1.54) is 10.9 Å². The summed E-state index contributed by atoms with van der Waals surface area (Å²) in [5.74, 6) is 1.05. The molecule has 1 saturated heterocycles. The van der Waals surface area contributed by atoms with E-state index < -0.39 is 0 Å². The molecule has 0 spiro atoms. The van der Waals surface area contributed by atoms with Crippen molar-refractivity contribution in [1.29, 1.82) is 0 Å². The van der Waals surface area contributed by atoms with Crippen molar-refractivity contribution in [3.8, 4) is 5.88 Å². The summed E-state index contributed by atoms with van der Waals surface area (Å²) in [6, 6.07) is 10.7. The van der Waals surface area contributed by atoms with Crippen molar-refractivity contribution in [2.75, 3.05) is 32.1 Å². The number of ether oxygens (including phenoxy) is 1. The zero-order chi connectivity index (χ0) is 20.4. The highest BCUT2D eigenvalue weighted by Gasteiger charge is 2.28. The number of nitrogens with zero attached hydrogens (tertiary/aromatic N) is 6. The fraction of sp³-hybridized carbons (Fsp3) is 0.350. The molecule has 29 heavy (non-hydrogen) atoms. The minimum Gasteiger partial charge on any atom is -0.471 e. The van der Waals surface area contributed by atoms with E-state index in [4.69, 9.17) is 4.74 Å². The molecule has 1 aromatic carbocycles. The van der Waals surface area contributed by atoms with Gasteiger partial charge in [0.05, 0.1) is 23.8 Å².